The molecule has 1 aromatic carbocycles. The van der Waals surface area contributed by atoms with E-state index in [-0.39, 0.29) is 17.5 Å². The van der Waals surface area contributed by atoms with E-state index < -0.39 is 5.41 Å². The van der Waals surface area contributed by atoms with Crippen LogP contribution in [0.15, 0.2) is 24.3 Å². The summed E-state index contributed by atoms with van der Waals surface area (Å²) < 4.78 is 0. The molecule has 18 heavy (non-hydrogen) atoms. The predicted octanol–water partition coefficient (Wildman–Crippen LogP) is 3.46. The molecular formula is C15H17ClO2. The number of hydrogen-bond acceptors (Lipinski definition) is 2. The number of rotatable bonds is 2. The van der Waals surface area contributed by atoms with Crippen LogP contribution in [0.25, 0.3) is 0 Å². The molecule has 1 aliphatic rings. The van der Waals surface area contributed by atoms with E-state index in [1.54, 1.807) is 0 Å². The number of benzene rings is 1. The van der Waals surface area contributed by atoms with Crippen molar-refractivity contribution in [2.45, 2.75) is 33.1 Å². The van der Waals surface area contributed by atoms with Crippen LogP contribution in [0, 0.1) is 11.3 Å². The second-order valence-electron chi connectivity index (χ2n) is 5.64. The lowest BCUT2D eigenvalue weighted by molar-refractivity contribution is -0.147. The number of hydrogen-bond donors (Lipinski definition) is 0. The summed E-state index contributed by atoms with van der Waals surface area (Å²) >= 11 is 5.82. The minimum absolute atomic E-state index is 0.160. The summed E-state index contributed by atoms with van der Waals surface area (Å²) in [5, 5.41) is 0.686. The summed E-state index contributed by atoms with van der Waals surface area (Å²) in [6, 6.07) is 7.46. The Bertz CT molecular complexity index is 474. The Hall–Kier alpha value is -1.15. The summed E-state index contributed by atoms with van der Waals surface area (Å²) in [5.74, 6) is -0.583. The van der Waals surface area contributed by atoms with Gasteiger partial charge in [0.1, 0.15) is 0 Å². The molecule has 3 heteroatoms. The van der Waals surface area contributed by atoms with Gasteiger partial charge in [-0.3, -0.25) is 9.59 Å². The van der Waals surface area contributed by atoms with Gasteiger partial charge in [0.2, 0.25) is 11.6 Å². The summed E-state index contributed by atoms with van der Waals surface area (Å²) in [7, 11) is 0. The molecule has 0 N–H and O–H groups in total. The molecule has 1 unspecified atom stereocenters. The summed E-state index contributed by atoms with van der Waals surface area (Å²) in [6.45, 7) is 3.71. The van der Waals surface area contributed by atoms with Gasteiger partial charge in [0.15, 0.2) is 0 Å². The maximum atomic E-state index is 12.0. The Morgan fingerprint density at radius 3 is 2.44 bits per heavy atom. The molecular weight excluding hydrogens is 248 g/mol. The Balaban J connectivity index is 2.09. The van der Waals surface area contributed by atoms with Crippen molar-refractivity contribution >= 4 is 23.2 Å². The van der Waals surface area contributed by atoms with Gasteiger partial charge in [0.25, 0.3) is 0 Å². The Labute approximate surface area is 112 Å². The summed E-state index contributed by atoms with van der Waals surface area (Å²) in [6.07, 6.45) is 2.22. The minimum Gasteiger partial charge on any atom is -0.291 e. The van der Waals surface area contributed by atoms with Gasteiger partial charge in [-0.05, 0) is 37.0 Å². The smallest absolute Gasteiger partial charge is 0.204 e. The quantitative estimate of drug-likeness (QED) is 0.767. The third-order valence-electron chi connectivity index (χ3n) is 3.72. The van der Waals surface area contributed by atoms with Gasteiger partial charge < -0.3 is 0 Å². The van der Waals surface area contributed by atoms with Gasteiger partial charge in [-0.2, -0.15) is 0 Å². The lowest BCUT2D eigenvalue weighted by Crippen LogP contribution is -2.41. The summed E-state index contributed by atoms with van der Waals surface area (Å²) in [4.78, 5) is 24.0. The number of Topliss-reactive ketones (excluding diaryl/α,β-unsaturated/α-hetero) is 2. The highest BCUT2D eigenvalue weighted by Gasteiger charge is 2.41. The van der Waals surface area contributed by atoms with E-state index in [1.165, 1.54) is 0 Å². The molecule has 0 bridgehead atoms. The van der Waals surface area contributed by atoms with Gasteiger partial charge in [0, 0.05) is 16.4 Å². The average molecular weight is 265 g/mol. The van der Waals surface area contributed by atoms with Gasteiger partial charge >= 0.3 is 0 Å². The van der Waals surface area contributed by atoms with E-state index in [9.17, 15) is 9.59 Å². The lowest BCUT2D eigenvalue weighted by atomic mass is 9.70. The maximum Gasteiger partial charge on any atom is 0.204 e. The highest BCUT2D eigenvalue weighted by atomic mass is 35.5. The minimum atomic E-state index is -0.479. The van der Waals surface area contributed by atoms with Crippen LogP contribution in [-0.2, 0) is 16.0 Å². The first-order valence-electron chi connectivity index (χ1n) is 6.23. The zero-order valence-corrected chi connectivity index (χ0v) is 11.5. The standard InChI is InChI=1S/C15H17ClO2/c1-15(2)8-7-11(13(17)14(15)18)9-10-3-5-12(16)6-4-10/h3-6,11H,7-9H2,1-2H3. The number of carbonyl (C=O) groups excluding carboxylic acids is 2. The van der Waals surface area contributed by atoms with Crippen LogP contribution < -0.4 is 0 Å². The maximum absolute atomic E-state index is 12.0. The van der Waals surface area contributed by atoms with Crippen LogP contribution in [0.4, 0.5) is 0 Å². The van der Waals surface area contributed by atoms with Gasteiger partial charge in [-0.1, -0.05) is 37.6 Å². The number of halogens is 1. The normalized spacial score (nSPS) is 23.2. The Kier molecular flexibility index (Phi) is 3.58. The van der Waals surface area contributed by atoms with Crippen molar-refractivity contribution in [3.63, 3.8) is 0 Å². The molecule has 2 nitrogen and oxygen atoms in total. The molecule has 1 saturated carbocycles. The van der Waals surface area contributed by atoms with Crippen LogP contribution >= 0.6 is 11.6 Å². The van der Waals surface area contributed by atoms with E-state index in [4.69, 9.17) is 11.6 Å². The highest BCUT2D eigenvalue weighted by molar-refractivity contribution is 6.40. The molecule has 0 heterocycles. The fourth-order valence-corrected chi connectivity index (χ4v) is 2.52. The molecule has 0 saturated heterocycles. The fraction of sp³-hybridized carbons (Fsp3) is 0.467. The van der Waals surface area contributed by atoms with Crippen molar-refractivity contribution < 1.29 is 9.59 Å². The van der Waals surface area contributed by atoms with E-state index in [1.807, 2.05) is 38.1 Å². The fourth-order valence-electron chi connectivity index (χ4n) is 2.40. The molecule has 2 rings (SSSR count). The first kappa shape index (κ1) is 13.3. The van der Waals surface area contributed by atoms with Gasteiger partial charge in [-0.15, -0.1) is 0 Å². The molecule has 96 valence electrons. The second kappa shape index (κ2) is 4.85. The molecule has 0 aliphatic heterocycles. The van der Waals surface area contributed by atoms with Crippen molar-refractivity contribution in [3.8, 4) is 0 Å². The number of ketones is 2. The third kappa shape index (κ3) is 2.64. The van der Waals surface area contributed by atoms with Crippen molar-refractivity contribution in [2.24, 2.45) is 11.3 Å². The number of carbonyl (C=O) groups is 2. The molecule has 0 spiro atoms. The van der Waals surface area contributed by atoms with Crippen molar-refractivity contribution in [3.05, 3.63) is 34.9 Å². The zero-order valence-electron chi connectivity index (χ0n) is 10.7. The zero-order chi connectivity index (χ0) is 13.3. The van der Waals surface area contributed by atoms with Crippen LogP contribution in [0.3, 0.4) is 0 Å². The van der Waals surface area contributed by atoms with Crippen LogP contribution in [0.2, 0.25) is 5.02 Å². The molecule has 0 amide bonds. The topological polar surface area (TPSA) is 34.1 Å². The Morgan fingerprint density at radius 2 is 1.83 bits per heavy atom. The summed E-state index contributed by atoms with van der Waals surface area (Å²) in [5.41, 5.74) is 0.582. The average Bonchev–Trinajstić information content (AvgIpc) is 2.33. The lowest BCUT2D eigenvalue weighted by Gasteiger charge is -2.31. The molecule has 1 aromatic rings. The first-order chi connectivity index (χ1) is 8.40. The van der Waals surface area contributed by atoms with Gasteiger partial charge in [0.05, 0.1) is 0 Å². The van der Waals surface area contributed by atoms with E-state index in [0.29, 0.717) is 11.4 Å². The third-order valence-corrected chi connectivity index (χ3v) is 3.97. The predicted molar refractivity (Wildman–Crippen MR) is 71.7 cm³/mol. The van der Waals surface area contributed by atoms with E-state index in [0.717, 1.165) is 18.4 Å². The van der Waals surface area contributed by atoms with Crippen LogP contribution in [0.1, 0.15) is 32.3 Å². The molecule has 1 fully saturated rings. The van der Waals surface area contributed by atoms with E-state index >= 15 is 0 Å². The van der Waals surface area contributed by atoms with Crippen molar-refractivity contribution in [1.29, 1.82) is 0 Å². The molecule has 0 aromatic heterocycles. The molecule has 1 atom stereocenters. The van der Waals surface area contributed by atoms with Crippen molar-refractivity contribution in [1.82, 2.24) is 0 Å². The van der Waals surface area contributed by atoms with E-state index in [2.05, 4.69) is 0 Å². The molecule has 0 radical (unpaired) electrons. The Morgan fingerprint density at radius 1 is 1.22 bits per heavy atom. The van der Waals surface area contributed by atoms with Crippen molar-refractivity contribution in [2.75, 3.05) is 0 Å². The largest absolute Gasteiger partial charge is 0.291 e. The van der Waals surface area contributed by atoms with Crippen LogP contribution in [-0.4, -0.2) is 11.6 Å². The highest BCUT2D eigenvalue weighted by Crippen LogP contribution is 2.34. The SMILES string of the molecule is CC1(C)CCC(Cc2ccc(Cl)cc2)C(=O)C1=O. The second-order valence-corrected chi connectivity index (χ2v) is 6.08. The van der Waals surface area contributed by atoms with Gasteiger partial charge in [-0.25, -0.2) is 0 Å². The van der Waals surface area contributed by atoms with Crippen LogP contribution in [0.5, 0.6) is 0 Å². The monoisotopic (exact) mass is 264 g/mol. The molecule has 1 aliphatic carbocycles. The first-order valence-corrected chi connectivity index (χ1v) is 6.61.